The lowest BCUT2D eigenvalue weighted by Gasteiger charge is -2.19. The highest BCUT2D eigenvalue weighted by Gasteiger charge is 2.42. The van der Waals surface area contributed by atoms with Gasteiger partial charge in [-0.15, -0.1) is 0 Å². The van der Waals surface area contributed by atoms with Crippen LogP contribution in [0.2, 0.25) is 0 Å². The van der Waals surface area contributed by atoms with Gasteiger partial charge in [0.15, 0.2) is 4.34 Å². The van der Waals surface area contributed by atoms with E-state index in [2.05, 4.69) is 15.4 Å². The summed E-state index contributed by atoms with van der Waals surface area (Å²) in [6.45, 7) is 1.86. The van der Waals surface area contributed by atoms with Crippen LogP contribution in [0.4, 0.5) is 0 Å². The molecule has 0 saturated heterocycles. The van der Waals surface area contributed by atoms with Gasteiger partial charge in [-0.05, 0) is 37.2 Å². The quantitative estimate of drug-likeness (QED) is 0.808. The second kappa shape index (κ2) is 4.08. The maximum absolute atomic E-state index is 9.06. The van der Waals surface area contributed by atoms with Crippen LogP contribution in [-0.4, -0.2) is 20.6 Å². The molecule has 80 valence electrons. The average molecular weight is 240 g/mol. The van der Waals surface area contributed by atoms with Gasteiger partial charge in [-0.2, -0.15) is 9.64 Å². The molecule has 1 aromatic heterocycles. The van der Waals surface area contributed by atoms with Crippen LogP contribution in [0.25, 0.3) is 0 Å². The third-order valence-corrected chi connectivity index (χ3v) is 4.60. The highest BCUT2D eigenvalue weighted by atomic mass is 32.2. The summed E-state index contributed by atoms with van der Waals surface area (Å²) in [5.41, 5.74) is 5.36. The molecule has 0 radical (unpaired) electrons. The molecular weight excluding hydrogens is 228 g/mol. The van der Waals surface area contributed by atoms with E-state index in [1.54, 1.807) is 0 Å². The molecule has 1 aliphatic carbocycles. The second-order valence-corrected chi connectivity index (χ2v) is 5.80. The Morgan fingerprint density at radius 1 is 1.73 bits per heavy atom. The first-order valence-electron chi connectivity index (χ1n) is 4.77. The van der Waals surface area contributed by atoms with Gasteiger partial charge in [0.2, 0.25) is 0 Å². The van der Waals surface area contributed by atoms with Gasteiger partial charge in [0.25, 0.3) is 0 Å². The Balaban J connectivity index is 1.94. The number of nitriles is 1. The number of nitrogens with zero attached hydrogens (tertiary/aromatic N) is 3. The van der Waals surface area contributed by atoms with Gasteiger partial charge < -0.3 is 5.73 Å². The van der Waals surface area contributed by atoms with Crippen LogP contribution in [0.1, 0.15) is 18.7 Å². The molecular formula is C9H12N4S2. The van der Waals surface area contributed by atoms with Gasteiger partial charge in [0.1, 0.15) is 11.4 Å². The topological polar surface area (TPSA) is 75.6 Å². The molecule has 0 amide bonds. The van der Waals surface area contributed by atoms with Crippen LogP contribution < -0.4 is 5.73 Å². The molecule has 1 unspecified atom stereocenters. The van der Waals surface area contributed by atoms with Crippen molar-refractivity contribution in [3.63, 3.8) is 0 Å². The molecule has 2 N–H and O–H groups in total. The summed E-state index contributed by atoms with van der Waals surface area (Å²) in [6.07, 6.45) is 2.17. The van der Waals surface area contributed by atoms with Crippen molar-refractivity contribution in [2.24, 2.45) is 11.7 Å². The average Bonchev–Trinajstić information content (AvgIpc) is 3.00. The van der Waals surface area contributed by atoms with Crippen LogP contribution in [0.15, 0.2) is 4.34 Å². The van der Waals surface area contributed by atoms with E-state index in [0.29, 0.717) is 11.7 Å². The van der Waals surface area contributed by atoms with Gasteiger partial charge in [-0.3, -0.25) is 0 Å². The predicted octanol–water partition coefficient (Wildman–Crippen LogP) is 1.57. The summed E-state index contributed by atoms with van der Waals surface area (Å²) in [5, 5.41) is 9.06. The number of hydrogen-bond acceptors (Lipinski definition) is 6. The fourth-order valence-electron chi connectivity index (χ4n) is 1.36. The fourth-order valence-corrected chi connectivity index (χ4v) is 3.14. The van der Waals surface area contributed by atoms with Crippen molar-refractivity contribution in [2.75, 3.05) is 5.75 Å². The van der Waals surface area contributed by atoms with E-state index < -0.39 is 5.54 Å². The molecule has 0 aliphatic heterocycles. The van der Waals surface area contributed by atoms with Gasteiger partial charge in [0, 0.05) is 5.75 Å². The minimum atomic E-state index is -0.676. The van der Waals surface area contributed by atoms with Crippen LogP contribution in [0, 0.1) is 24.2 Å². The SMILES string of the molecule is Cc1nsc(SCC(N)(C#N)C2CC2)n1. The lowest BCUT2D eigenvalue weighted by atomic mass is 10.00. The zero-order chi connectivity index (χ0) is 10.9. The third kappa shape index (κ3) is 2.48. The van der Waals surface area contributed by atoms with Crippen molar-refractivity contribution >= 4 is 23.3 Å². The molecule has 1 atom stereocenters. The van der Waals surface area contributed by atoms with Gasteiger partial charge in [-0.25, -0.2) is 4.98 Å². The lowest BCUT2D eigenvalue weighted by Crippen LogP contribution is -2.43. The van der Waals surface area contributed by atoms with Crippen LogP contribution in [-0.2, 0) is 0 Å². The summed E-state index contributed by atoms with van der Waals surface area (Å²) in [4.78, 5) is 4.23. The van der Waals surface area contributed by atoms with Crippen molar-refractivity contribution in [3.8, 4) is 6.07 Å². The first-order valence-corrected chi connectivity index (χ1v) is 6.53. The summed E-state index contributed by atoms with van der Waals surface area (Å²) in [7, 11) is 0. The van der Waals surface area contributed by atoms with E-state index in [-0.39, 0.29) is 0 Å². The Bertz CT molecular complexity index is 393. The van der Waals surface area contributed by atoms with Crippen molar-refractivity contribution in [1.82, 2.24) is 9.36 Å². The molecule has 1 aromatic rings. The largest absolute Gasteiger partial charge is 0.312 e. The van der Waals surface area contributed by atoms with E-state index in [0.717, 1.165) is 23.0 Å². The van der Waals surface area contributed by atoms with Gasteiger partial charge in [-0.1, -0.05) is 11.8 Å². The Morgan fingerprint density at radius 2 is 2.47 bits per heavy atom. The summed E-state index contributed by atoms with van der Waals surface area (Å²) >= 11 is 2.91. The molecule has 4 nitrogen and oxygen atoms in total. The molecule has 6 heteroatoms. The van der Waals surface area contributed by atoms with Crippen molar-refractivity contribution < 1.29 is 0 Å². The predicted molar refractivity (Wildman–Crippen MR) is 60.6 cm³/mol. The number of aromatic nitrogens is 2. The molecule has 0 aromatic carbocycles. The van der Waals surface area contributed by atoms with Crippen molar-refractivity contribution in [2.45, 2.75) is 29.6 Å². The fraction of sp³-hybridized carbons (Fsp3) is 0.667. The zero-order valence-corrected chi connectivity index (χ0v) is 10.1. The highest BCUT2D eigenvalue weighted by molar-refractivity contribution is 8.01. The summed E-state index contributed by atoms with van der Waals surface area (Å²) in [6, 6.07) is 2.23. The molecule has 1 aliphatic rings. The monoisotopic (exact) mass is 240 g/mol. The Kier molecular flexibility index (Phi) is 2.96. The normalized spacial score (nSPS) is 19.5. The summed E-state index contributed by atoms with van der Waals surface area (Å²) < 4.78 is 4.99. The molecule has 2 rings (SSSR count). The maximum atomic E-state index is 9.06. The van der Waals surface area contributed by atoms with E-state index in [9.17, 15) is 0 Å². The first kappa shape index (κ1) is 10.9. The van der Waals surface area contributed by atoms with Crippen LogP contribution in [0.5, 0.6) is 0 Å². The Hall–Kier alpha value is -0.640. The van der Waals surface area contributed by atoms with Crippen LogP contribution >= 0.6 is 23.3 Å². The molecule has 0 bridgehead atoms. The van der Waals surface area contributed by atoms with Crippen molar-refractivity contribution in [3.05, 3.63) is 5.82 Å². The highest BCUT2D eigenvalue weighted by Crippen LogP contribution is 2.40. The number of aryl methyl sites for hydroxylation is 1. The Labute approximate surface area is 97.1 Å². The molecule has 1 fully saturated rings. The Morgan fingerprint density at radius 3 is 2.93 bits per heavy atom. The molecule has 0 spiro atoms. The van der Waals surface area contributed by atoms with E-state index in [4.69, 9.17) is 11.0 Å². The standard InChI is InChI=1S/C9H12N4S2/c1-6-12-8(15-13-6)14-5-9(11,4-10)7-2-3-7/h7H,2-3,5,11H2,1H3. The van der Waals surface area contributed by atoms with Crippen LogP contribution in [0.3, 0.4) is 0 Å². The van der Waals surface area contributed by atoms with Gasteiger partial charge >= 0.3 is 0 Å². The smallest absolute Gasteiger partial charge is 0.170 e. The molecule has 1 saturated carbocycles. The zero-order valence-electron chi connectivity index (χ0n) is 8.43. The molecule has 1 heterocycles. The molecule has 15 heavy (non-hydrogen) atoms. The number of nitrogens with two attached hydrogens (primary N) is 1. The van der Waals surface area contributed by atoms with E-state index in [1.807, 2.05) is 6.92 Å². The van der Waals surface area contributed by atoms with E-state index in [1.165, 1.54) is 23.3 Å². The lowest BCUT2D eigenvalue weighted by molar-refractivity contribution is 0.532. The van der Waals surface area contributed by atoms with E-state index >= 15 is 0 Å². The second-order valence-electron chi connectivity index (χ2n) is 3.82. The van der Waals surface area contributed by atoms with Crippen molar-refractivity contribution in [1.29, 1.82) is 5.26 Å². The number of rotatable bonds is 4. The third-order valence-electron chi connectivity index (χ3n) is 2.46. The minimum absolute atomic E-state index is 0.379. The maximum Gasteiger partial charge on any atom is 0.170 e. The number of thioether (sulfide) groups is 1. The first-order chi connectivity index (χ1) is 7.14. The summed E-state index contributed by atoms with van der Waals surface area (Å²) in [5.74, 6) is 1.78. The number of hydrogen-bond donors (Lipinski definition) is 1. The minimum Gasteiger partial charge on any atom is -0.312 e. The van der Waals surface area contributed by atoms with Gasteiger partial charge in [0.05, 0.1) is 6.07 Å².